The van der Waals surface area contributed by atoms with Gasteiger partial charge < -0.3 is 9.64 Å². The van der Waals surface area contributed by atoms with Gasteiger partial charge in [-0.2, -0.15) is 0 Å². The van der Waals surface area contributed by atoms with Gasteiger partial charge >= 0.3 is 0 Å². The number of methoxy groups -OCH3 is 1. The van der Waals surface area contributed by atoms with Gasteiger partial charge in [-0.3, -0.25) is 4.79 Å². The van der Waals surface area contributed by atoms with Crippen molar-refractivity contribution in [2.75, 3.05) is 20.2 Å². The molecule has 4 heteroatoms. The molecule has 124 valence electrons. The first-order valence-electron chi connectivity index (χ1n) is 8.49. The molecule has 0 radical (unpaired) electrons. The molecule has 1 aliphatic heterocycles. The molecule has 0 atom stereocenters. The number of fused-ring (bicyclic) bond motifs is 1. The van der Waals surface area contributed by atoms with Crippen molar-refractivity contribution in [2.45, 2.75) is 25.7 Å². The van der Waals surface area contributed by atoms with Crippen molar-refractivity contribution in [1.82, 2.24) is 4.90 Å². The Hall–Kier alpha value is -2.07. The van der Waals surface area contributed by atoms with Crippen molar-refractivity contribution in [3.8, 4) is 5.75 Å². The Morgan fingerprint density at radius 2 is 2.00 bits per heavy atom. The molecule has 1 amide bonds. The summed E-state index contributed by atoms with van der Waals surface area (Å²) < 4.78 is 5.21. The van der Waals surface area contributed by atoms with Crippen LogP contribution >= 0.6 is 11.3 Å². The molecule has 0 bridgehead atoms. The fraction of sp³-hybridized carbons (Fsp3) is 0.350. The van der Waals surface area contributed by atoms with Crippen LogP contribution in [-0.4, -0.2) is 31.0 Å². The number of carbonyl (C=O) groups is 1. The van der Waals surface area contributed by atoms with E-state index in [1.165, 1.54) is 28.0 Å². The molecule has 1 aliphatic carbocycles. The third-order valence-corrected chi connectivity index (χ3v) is 6.14. The zero-order valence-corrected chi connectivity index (χ0v) is 14.7. The second-order valence-electron chi connectivity index (χ2n) is 6.37. The molecule has 0 saturated carbocycles. The van der Waals surface area contributed by atoms with E-state index in [1.54, 1.807) is 18.4 Å². The quantitative estimate of drug-likeness (QED) is 0.840. The normalized spacial score (nSPS) is 16.7. The number of nitrogens with zero attached hydrogens (tertiary/aromatic N) is 1. The maximum Gasteiger partial charge on any atom is 0.264 e. The first-order chi connectivity index (χ1) is 11.7. The number of ether oxygens (including phenoxy) is 1. The van der Waals surface area contributed by atoms with Gasteiger partial charge in [0.2, 0.25) is 0 Å². The van der Waals surface area contributed by atoms with Gasteiger partial charge in [-0.15, -0.1) is 11.3 Å². The van der Waals surface area contributed by atoms with Crippen molar-refractivity contribution >= 4 is 22.8 Å². The molecule has 0 unspecified atom stereocenters. The third kappa shape index (κ3) is 2.86. The molecule has 0 saturated heterocycles. The third-order valence-electron chi connectivity index (χ3n) is 4.91. The van der Waals surface area contributed by atoms with E-state index in [2.05, 4.69) is 24.3 Å². The van der Waals surface area contributed by atoms with Crippen LogP contribution in [0.5, 0.6) is 5.75 Å². The van der Waals surface area contributed by atoms with E-state index in [9.17, 15) is 4.79 Å². The van der Waals surface area contributed by atoms with E-state index in [1.807, 2.05) is 17.0 Å². The Morgan fingerprint density at radius 1 is 1.17 bits per heavy atom. The van der Waals surface area contributed by atoms with Crippen molar-refractivity contribution in [3.05, 3.63) is 57.3 Å². The largest absolute Gasteiger partial charge is 0.497 e. The fourth-order valence-corrected chi connectivity index (χ4v) is 4.73. The van der Waals surface area contributed by atoms with Crippen LogP contribution in [0.15, 0.2) is 36.4 Å². The summed E-state index contributed by atoms with van der Waals surface area (Å²) in [6, 6.07) is 10.3. The minimum Gasteiger partial charge on any atom is -0.497 e. The number of benzene rings is 1. The Labute approximate surface area is 146 Å². The fourth-order valence-electron chi connectivity index (χ4n) is 3.51. The molecule has 0 spiro atoms. The van der Waals surface area contributed by atoms with Gasteiger partial charge in [0.1, 0.15) is 5.75 Å². The molecular formula is C20H21NO2S. The Bertz CT molecular complexity index is 767. The highest BCUT2D eigenvalue weighted by atomic mass is 32.1. The molecule has 1 aromatic carbocycles. The average Bonchev–Trinajstić information content (AvgIpc) is 3.23. The number of aryl methyl sites for hydroxylation is 2. The van der Waals surface area contributed by atoms with E-state index in [0.717, 1.165) is 36.4 Å². The van der Waals surface area contributed by atoms with E-state index in [0.29, 0.717) is 6.54 Å². The lowest BCUT2D eigenvalue weighted by molar-refractivity contribution is 0.0777. The highest BCUT2D eigenvalue weighted by Crippen LogP contribution is 2.32. The van der Waals surface area contributed by atoms with E-state index >= 15 is 0 Å². The van der Waals surface area contributed by atoms with Crippen LogP contribution in [0.3, 0.4) is 0 Å². The molecule has 1 aromatic heterocycles. The Morgan fingerprint density at radius 3 is 2.67 bits per heavy atom. The van der Waals surface area contributed by atoms with Gasteiger partial charge in [0, 0.05) is 18.0 Å². The topological polar surface area (TPSA) is 29.5 Å². The predicted octanol–water partition coefficient (Wildman–Crippen LogP) is 4.17. The molecule has 3 nitrogen and oxygen atoms in total. The molecule has 4 rings (SSSR count). The van der Waals surface area contributed by atoms with E-state index in [-0.39, 0.29) is 5.91 Å². The molecule has 0 fully saturated rings. The summed E-state index contributed by atoms with van der Waals surface area (Å²) >= 11 is 1.70. The SMILES string of the molecule is COc1ccc(C2=CCN(C(=O)c3cc4c(s3)CCC4)CC2)cc1. The first kappa shape index (κ1) is 15.5. The van der Waals surface area contributed by atoms with Crippen LogP contribution in [0.1, 0.15) is 38.5 Å². The second-order valence-corrected chi connectivity index (χ2v) is 7.51. The van der Waals surface area contributed by atoms with Gasteiger partial charge in [0.15, 0.2) is 0 Å². The minimum absolute atomic E-state index is 0.194. The van der Waals surface area contributed by atoms with Crippen molar-refractivity contribution in [3.63, 3.8) is 0 Å². The molecule has 2 aromatic rings. The highest BCUT2D eigenvalue weighted by Gasteiger charge is 2.23. The average molecular weight is 339 g/mol. The predicted molar refractivity (Wildman–Crippen MR) is 97.8 cm³/mol. The maximum atomic E-state index is 12.7. The summed E-state index contributed by atoms with van der Waals surface area (Å²) in [7, 11) is 1.68. The Kier molecular flexibility index (Phi) is 4.15. The van der Waals surface area contributed by atoms with Crippen LogP contribution in [-0.2, 0) is 12.8 Å². The second kappa shape index (κ2) is 6.44. The zero-order chi connectivity index (χ0) is 16.5. The number of hydrogen-bond acceptors (Lipinski definition) is 3. The standard InChI is InChI=1S/C20H21NO2S/c1-23-17-7-5-14(6-8-17)15-9-11-21(12-10-15)20(22)19-13-16-3-2-4-18(16)24-19/h5-9,13H,2-4,10-12H2,1H3. The molecule has 2 heterocycles. The van der Waals surface area contributed by atoms with Gasteiger partial charge in [-0.25, -0.2) is 0 Å². The van der Waals surface area contributed by atoms with Gasteiger partial charge in [0.05, 0.1) is 12.0 Å². The van der Waals surface area contributed by atoms with Crippen LogP contribution < -0.4 is 4.74 Å². The van der Waals surface area contributed by atoms with Crippen LogP contribution in [0, 0.1) is 0 Å². The number of amides is 1. The summed E-state index contributed by atoms with van der Waals surface area (Å²) in [6.07, 6.45) is 6.62. The van der Waals surface area contributed by atoms with Crippen molar-refractivity contribution in [2.24, 2.45) is 0 Å². The number of hydrogen-bond donors (Lipinski definition) is 0. The minimum atomic E-state index is 0.194. The van der Waals surface area contributed by atoms with Gasteiger partial charge in [-0.05, 0) is 60.6 Å². The number of thiophene rings is 1. The lowest BCUT2D eigenvalue weighted by Crippen LogP contribution is -2.34. The van der Waals surface area contributed by atoms with Crippen LogP contribution in [0.25, 0.3) is 5.57 Å². The molecule has 24 heavy (non-hydrogen) atoms. The Balaban J connectivity index is 1.45. The molecular weight excluding hydrogens is 318 g/mol. The van der Waals surface area contributed by atoms with Gasteiger partial charge in [-0.1, -0.05) is 18.2 Å². The zero-order valence-electron chi connectivity index (χ0n) is 13.9. The maximum absolute atomic E-state index is 12.7. The van der Waals surface area contributed by atoms with Crippen LogP contribution in [0.4, 0.5) is 0 Å². The lowest BCUT2D eigenvalue weighted by Gasteiger charge is -2.26. The number of carbonyl (C=O) groups excluding carboxylic acids is 1. The summed E-state index contributed by atoms with van der Waals surface area (Å²) in [5.41, 5.74) is 3.93. The lowest BCUT2D eigenvalue weighted by atomic mass is 9.99. The summed E-state index contributed by atoms with van der Waals surface area (Å²) in [4.78, 5) is 17.0. The van der Waals surface area contributed by atoms with Gasteiger partial charge in [0.25, 0.3) is 5.91 Å². The van der Waals surface area contributed by atoms with Crippen molar-refractivity contribution < 1.29 is 9.53 Å². The summed E-state index contributed by atoms with van der Waals surface area (Å²) in [6.45, 7) is 1.49. The smallest absolute Gasteiger partial charge is 0.264 e. The molecule has 0 N–H and O–H groups in total. The monoisotopic (exact) mass is 339 g/mol. The van der Waals surface area contributed by atoms with E-state index < -0.39 is 0 Å². The van der Waals surface area contributed by atoms with Crippen molar-refractivity contribution in [1.29, 1.82) is 0 Å². The number of rotatable bonds is 3. The van der Waals surface area contributed by atoms with Crippen LogP contribution in [0.2, 0.25) is 0 Å². The summed E-state index contributed by atoms with van der Waals surface area (Å²) in [5.74, 6) is 1.07. The summed E-state index contributed by atoms with van der Waals surface area (Å²) in [5, 5.41) is 0. The molecule has 2 aliphatic rings. The highest BCUT2D eigenvalue weighted by molar-refractivity contribution is 7.14. The first-order valence-corrected chi connectivity index (χ1v) is 9.30. The van der Waals surface area contributed by atoms with E-state index in [4.69, 9.17) is 4.74 Å².